The molecule has 11 heteroatoms. The number of nitrogens with one attached hydrogen (secondary N) is 1. The first-order valence-corrected chi connectivity index (χ1v) is 9.90. The standard InChI is InChI=1S/C18H18N2O8S/c1-25-14-7-11(8-15-17(14)27-6-5-26-15)18(22)28-10-16(21)20-12-3-2-4-13(9-12)29(19,23)24/h2-4,7-9H,5-6,10H2,1H3,(H,20,21)(H2,19,23,24). The third kappa shape index (κ3) is 4.95. The lowest BCUT2D eigenvalue weighted by Gasteiger charge is -2.21. The Morgan fingerprint density at radius 2 is 1.93 bits per heavy atom. The fraction of sp³-hybridized carbons (Fsp3) is 0.222. The molecule has 0 radical (unpaired) electrons. The number of esters is 1. The number of carbonyl (C=O) groups excluding carboxylic acids is 2. The Bertz CT molecular complexity index is 1030. The Kier molecular flexibility index (Phi) is 5.89. The number of nitrogens with two attached hydrogens (primary N) is 1. The summed E-state index contributed by atoms with van der Waals surface area (Å²) in [4.78, 5) is 24.2. The van der Waals surface area contributed by atoms with Crippen LogP contribution in [0.4, 0.5) is 5.69 Å². The van der Waals surface area contributed by atoms with E-state index in [4.69, 9.17) is 24.1 Å². The summed E-state index contributed by atoms with van der Waals surface area (Å²) in [5, 5.41) is 7.48. The van der Waals surface area contributed by atoms with E-state index < -0.39 is 28.5 Å². The largest absolute Gasteiger partial charge is 0.493 e. The number of fused-ring (bicyclic) bond motifs is 1. The molecule has 2 aromatic rings. The van der Waals surface area contributed by atoms with E-state index >= 15 is 0 Å². The van der Waals surface area contributed by atoms with Gasteiger partial charge in [0.15, 0.2) is 18.1 Å². The van der Waals surface area contributed by atoms with E-state index in [2.05, 4.69) is 5.32 Å². The van der Waals surface area contributed by atoms with Crippen LogP contribution >= 0.6 is 0 Å². The first-order valence-electron chi connectivity index (χ1n) is 8.35. The van der Waals surface area contributed by atoms with E-state index in [1.807, 2.05) is 0 Å². The summed E-state index contributed by atoms with van der Waals surface area (Å²) < 4.78 is 43.8. The van der Waals surface area contributed by atoms with Crippen LogP contribution in [0.5, 0.6) is 17.2 Å². The molecule has 1 amide bonds. The smallest absolute Gasteiger partial charge is 0.338 e. The molecule has 0 saturated carbocycles. The van der Waals surface area contributed by atoms with Crippen LogP contribution in [0.3, 0.4) is 0 Å². The molecule has 0 aromatic heterocycles. The van der Waals surface area contributed by atoms with Gasteiger partial charge in [0, 0.05) is 5.69 Å². The maximum absolute atomic E-state index is 12.3. The highest BCUT2D eigenvalue weighted by Crippen LogP contribution is 2.40. The molecule has 1 aliphatic rings. The van der Waals surface area contributed by atoms with Gasteiger partial charge in [-0.15, -0.1) is 0 Å². The van der Waals surface area contributed by atoms with Crippen molar-refractivity contribution in [3.05, 3.63) is 42.0 Å². The van der Waals surface area contributed by atoms with Crippen LogP contribution in [-0.2, 0) is 19.6 Å². The molecule has 0 atom stereocenters. The van der Waals surface area contributed by atoms with E-state index in [-0.39, 0.29) is 16.1 Å². The van der Waals surface area contributed by atoms with Gasteiger partial charge in [-0.25, -0.2) is 18.4 Å². The van der Waals surface area contributed by atoms with Gasteiger partial charge < -0.3 is 24.3 Å². The molecule has 154 valence electrons. The quantitative estimate of drug-likeness (QED) is 0.654. The maximum atomic E-state index is 12.3. The second kappa shape index (κ2) is 8.37. The molecule has 0 fully saturated rings. The Morgan fingerprint density at radius 3 is 2.66 bits per heavy atom. The predicted octanol–water partition coefficient (Wildman–Crippen LogP) is 0.909. The predicted molar refractivity (Wildman–Crippen MR) is 101 cm³/mol. The summed E-state index contributed by atoms with van der Waals surface area (Å²) in [5.74, 6) is -0.392. The lowest BCUT2D eigenvalue weighted by atomic mass is 10.1. The Morgan fingerprint density at radius 1 is 1.17 bits per heavy atom. The van der Waals surface area contributed by atoms with Crippen molar-refractivity contribution in [3.8, 4) is 17.2 Å². The number of hydrogen-bond donors (Lipinski definition) is 2. The summed E-state index contributed by atoms with van der Waals surface area (Å²) in [6.07, 6.45) is 0. The number of hydrogen-bond acceptors (Lipinski definition) is 8. The third-order valence-corrected chi connectivity index (χ3v) is 4.76. The van der Waals surface area contributed by atoms with Crippen LogP contribution in [0.25, 0.3) is 0 Å². The summed E-state index contributed by atoms with van der Waals surface area (Å²) in [6.45, 7) is 0.101. The van der Waals surface area contributed by atoms with E-state index in [0.717, 1.165) is 0 Å². The molecule has 0 aliphatic carbocycles. The fourth-order valence-electron chi connectivity index (χ4n) is 2.55. The SMILES string of the molecule is COc1cc(C(=O)OCC(=O)Nc2cccc(S(N)(=O)=O)c2)cc2c1OCCO2. The molecule has 1 aliphatic heterocycles. The molecule has 0 spiro atoms. The van der Waals surface area contributed by atoms with Gasteiger partial charge in [-0.1, -0.05) is 6.07 Å². The molecule has 29 heavy (non-hydrogen) atoms. The van der Waals surface area contributed by atoms with E-state index in [9.17, 15) is 18.0 Å². The lowest BCUT2D eigenvalue weighted by Crippen LogP contribution is -2.22. The summed E-state index contributed by atoms with van der Waals surface area (Å²) >= 11 is 0. The molecule has 2 aromatic carbocycles. The molecule has 3 rings (SSSR count). The van der Waals surface area contributed by atoms with Crippen molar-refractivity contribution in [2.24, 2.45) is 5.14 Å². The number of primary sulfonamides is 1. The molecule has 0 saturated heterocycles. The van der Waals surface area contributed by atoms with Crippen LogP contribution in [-0.4, -0.2) is 47.2 Å². The van der Waals surface area contributed by atoms with Gasteiger partial charge in [0.05, 0.1) is 17.6 Å². The van der Waals surface area contributed by atoms with Gasteiger partial charge in [-0.05, 0) is 30.3 Å². The molecule has 0 unspecified atom stereocenters. The molecule has 10 nitrogen and oxygen atoms in total. The highest BCUT2D eigenvalue weighted by atomic mass is 32.2. The summed E-state index contributed by atoms with van der Waals surface area (Å²) in [6, 6.07) is 8.24. The minimum atomic E-state index is -3.91. The van der Waals surface area contributed by atoms with Crippen LogP contribution in [0.2, 0.25) is 0 Å². The van der Waals surface area contributed by atoms with Gasteiger partial charge in [0.1, 0.15) is 13.2 Å². The minimum absolute atomic E-state index is 0.120. The average Bonchev–Trinajstić information content (AvgIpc) is 2.70. The Hall–Kier alpha value is -3.31. The van der Waals surface area contributed by atoms with Crippen molar-refractivity contribution < 1.29 is 37.0 Å². The summed E-state index contributed by atoms with van der Waals surface area (Å²) in [5.41, 5.74) is 0.314. The monoisotopic (exact) mass is 422 g/mol. The third-order valence-electron chi connectivity index (χ3n) is 3.84. The number of methoxy groups -OCH3 is 1. The van der Waals surface area contributed by atoms with Crippen molar-refractivity contribution in [2.45, 2.75) is 4.90 Å². The van der Waals surface area contributed by atoms with Crippen LogP contribution < -0.4 is 24.7 Å². The molecular formula is C18H18N2O8S. The maximum Gasteiger partial charge on any atom is 0.338 e. The number of amides is 1. The Balaban J connectivity index is 1.64. The van der Waals surface area contributed by atoms with Gasteiger partial charge in [-0.2, -0.15) is 0 Å². The average molecular weight is 422 g/mol. The second-order valence-electron chi connectivity index (χ2n) is 5.90. The number of benzene rings is 2. The molecular weight excluding hydrogens is 404 g/mol. The zero-order chi connectivity index (χ0) is 21.0. The second-order valence-corrected chi connectivity index (χ2v) is 7.46. The van der Waals surface area contributed by atoms with Crippen LogP contribution in [0.1, 0.15) is 10.4 Å². The lowest BCUT2D eigenvalue weighted by molar-refractivity contribution is -0.119. The number of ether oxygens (including phenoxy) is 4. The topological polar surface area (TPSA) is 143 Å². The molecule has 1 heterocycles. The van der Waals surface area contributed by atoms with Crippen molar-refractivity contribution in [2.75, 3.05) is 32.2 Å². The normalized spacial score (nSPS) is 12.8. The fourth-order valence-corrected chi connectivity index (χ4v) is 3.11. The zero-order valence-corrected chi connectivity index (χ0v) is 16.2. The first kappa shape index (κ1) is 20.4. The summed E-state index contributed by atoms with van der Waals surface area (Å²) in [7, 11) is -2.49. The number of rotatable bonds is 6. The highest BCUT2D eigenvalue weighted by molar-refractivity contribution is 7.89. The van der Waals surface area contributed by atoms with E-state index in [0.29, 0.717) is 30.5 Å². The number of carbonyl (C=O) groups is 2. The minimum Gasteiger partial charge on any atom is -0.493 e. The van der Waals surface area contributed by atoms with Crippen molar-refractivity contribution >= 4 is 27.6 Å². The van der Waals surface area contributed by atoms with Gasteiger partial charge in [0.2, 0.25) is 15.8 Å². The molecule has 3 N–H and O–H groups in total. The van der Waals surface area contributed by atoms with Crippen molar-refractivity contribution in [3.63, 3.8) is 0 Å². The zero-order valence-electron chi connectivity index (χ0n) is 15.3. The number of anilines is 1. The first-order chi connectivity index (χ1) is 13.8. The van der Waals surface area contributed by atoms with Crippen LogP contribution in [0, 0.1) is 0 Å². The van der Waals surface area contributed by atoms with Crippen molar-refractivity contribution in [1.82, 2.24) is 0 Å². The van der Waals surface area contributed by atoms with Gasteiger partial charge in [0.25, 0.3) is 5.91 Å². The number of sulfonamides is 1. The molecule has 0 bridgehead atoms. The van der Waals surface area contributed by atoms with E-state index in [1.54, 1.807) is 0 Å². The van der Waals surface area contributed by atoms with Gasteiger partial charge in [-0.3, -0.25) is 4.79 Å². The highest BCUT2D eigenvalue weighted by Gasteiger charge is 2.22. The Labute approximate surface area is 166 Å². The van der Waals surface area contributed by atoms with E-state index in [1.165, 1.54) is 43.5 Å². The van der Waals surface area contributed by atoms with Crippen molar-refractivity contribution in [1.29, 1.82) is 0 Å². The van der Waals surface area contributed by atoms with Gasteiger partial charge >= 0.3 is 5.97 Å². The van der Waals surface area contributed by atoms with Crippen LogP contribution in [0.15, 0.2) is 41.3 Å².